The fourth-order valence-corrected chi connectivity index (χ4v) is 1.93. The molecule has 2 rings (SSSR count). The third-order valence-corrected chi connectivity index (χ3v) is 2.56. The Labute approximate surface area is 70.8 Å². The second-order valence-electron chi connectivity index (χ2n) is 3.39. The Hall–Kier alpha value is -1.12. The summed E-state index contributed by atoms with van der Waals surface area (Å²) in [6.45, 7) is 0. The van der Waals surface area contributed by atoms with Crippen LogP contribution in [0.25, 0.3) is 0 Å². The first-order chi connectivity index (χ1) is 5.77. The van der Waals surface area contributed by atoms with Crippen molar-refractivity contribution >= 4 is 11.8 Å². The number of rotatable bonds is 0. The van der Waals surface area contributed by atoms with Gasteiger partial charge in [-0.2, -0.15) is 0 Å². The Balaban J connectivity index is 2.20. The second kappa shape index (κ2) is 2.73. The Kier molecular flexibility index (Phi) is 1.71. The van der Waals surface area contributed by atoms with Crippen LogP contribution in [0.1, 0.15) is 19.3 Å². The van der Waals surface area contributed by atoms with Crippen molar-refractivity contribution in [3.8, 4) is 0 Å². The van der Waals surface area contributed by atoms with E-state index in [2.05, 4.69) is 11.4 Å². The van der Waals surface area contributed by atoms with E-state index in [4.69, 9.17) is 0 Å². The van der Waals surface area contributed by atoms with Gasteiger partial charge < -0.3 is 0 Å². The Bertz CT molecular complexity index is 257. The fraction of sp³-hybridized carbons (Fsp3) is 0.556. The number of imide groups is 1. The molecule has 0 aromatic heterocycles. The van der Waals surface area contributed by atoms with Crippen LogP contribution < -0.4 is 5.32 Å². The maximum absolute atomic E-state index is 11.3. The van der Waals surface area contributed by atoms with Crippen molar-refractivity contribution in [2.75, 3.05) is 0 Å². The van der Waals surface area contributed by atoms with E-state index < -0.39 is 0 Å². The number of nitrogens with one attached hydrogen (secondary N) is 1. The van der Waals surface area contributed by atoms with E-state index in [9.17, 15) is 9.59 Å². The molecule has 1 aliphatic heterocycles. The van der Waals surface area contributed by atoms with Gasteiger partial charge in [-0.15, -0.1) is 0 Å². The molecule has 1 heterocycles. The molecule has 0 saturated carbocycles. The van der Waals surface area contributed by atoms with Gasteiger partial charge in [0.15, 0.2) is 0 Å². The van der Waals surface area contributed by atoms with Gasteiger partial charge in [0.1, 0.15) is 0 Å². The van der Waals surface area contributed by atoms with Crippen LogP contribution in [-0.4, -0.2) is 11.8 Å². The van der Waals surface area contributed by atoms with Gasteiger partial charge in [-0.1, -0.05) is 12.2 Å². The van der Waals surface area contributed by atoms with Crippen molar-refractivity contribution in [1.29, 1.82) is 0 Å². The predicted molar refractivity (Wildman–Crippen MR) is 43.1 cm³/mol. The lowest BCUT2D eigenvalue weighted by molar-refractivity contribution is -0.138. The average molecular weight is 165 g/mol. The summed E-state index contributed by atoms with van der Waals surface area (Å²) < 4.78 is 0. The zero-order chi connectivity index (χ0) is 8.55. The third kappa shape index (κ3) is 1.15. The molecule has 2 atom stereocenters. The largest absolute Gasteiger partial charge is 0.296 e. The number of fused-ring (bicyclic) bond motifs is 1. The number of amides is 2. The maximum Gasteiger partial charge on any atom is 0.230 e. The quantitative estimate of drug-likeness (QED) is 0.422. The van der Waals surface area contributed by atoms with E-state index in [1.165, 1.54) is 0 Å². The maximum atomic E-state index is 11.3. The summed E-state index contributed by atoms with van der Waals surface area (Å²) in [5.74, 6) is 0.00102. The van der Waals surface area contributed by atoms with Gasteiger partial charge in [0.25, 0.3) is 0 Å². The monoisotopic (exact) mass is 165 g/mol. The lowest BCUT2D eigenvalue weighted by Crippen LogP contribution is -2.45. The van der Waals surface area contributed by atoms with E-state index >= 15 is 0 Å². The Morgan fingerprint density at radius 3 is 3.08 bits per heavy atom. The van der Waals surface area contributed by atoms with Crippen LogP contribution in [0.4, 0.5) is 0 Å². The predicted octanol–water partition coefficient (Wildman–Crippen LogP) is 0.615. The molecule has 1 N–H and O–H groups in total. The Morgan fingerprint density at radius 2 is 2.25 bits per heavy atom. The smallest absolute Gasteiger partial charge is 0.230 e. The third-order valence-electron chi connectivity index (χ3n) is 2.56. The molecule has 0 aromatic rings. The number of piperidine rings is 1. The van der Waals surface area contributed by atoms with Crippen LogP contribution in [0.15, 0.2) is 12.2 Å². The highest BCUT2D eigenvalue weighted by Gasteiger charge is 2.34. The van der Waals surface area contributed by atoms with Gasteiger partial charge in [0.05, 0.1) is 0 Å². The van der Waals surface area contributed by atoms with Crippen molar-refractivity contribution in [3.63, 3.8) is 0 Å². The lowest BCUT2D eigenvalue weighted by Gasteiger charge is -2.29. The molecular formula is C9H11NO2. The highest BCUT2D eigenvalue weighted by molar-refractivity contribution is 5.99. The summed E-state index contributed by atoms with van der Waals surface area (Å²) in [5.41, 5.74) is 0. The van der Waals surface area contributed by atoms with Gasteiger partial charge in [-0.05, 0) is 18.8 Å². The summed E-state index contributed by atoms with van der Waals surface area (Å²) in [6.07, 6.45) is 6.40. The van der Waals surface area contributed by atoms with Crippen LogP contribution in [0.2, 0.25) is 0 Å². The zero-order valence-electron chi connectivity index (χ0n) is 6.75. The molecule has 1 saturated heterocycles. The van der Waals surface area contributed by atoms with Crippen LogP contribution in [0.5, 0.6) is 0 Å². The molecule has 2 amide bonds. The van der Waals surface area contributed by atoms with Crippen molar-refractivity contribution in [1.82, 2.24) is 5.32 Å². The Morgan fingerprint density at radius 1 is 1.42 bits per heavy atom. The highest BCUT2D eigenvalue weighted by atomic mass is 16.2. The minimum Gasteiger partial charge on any atom is -0.296 e. The minimum absolute atomic E-state index is 0.0488. The van der Waals surface area contributed by atoms with Gasteiger partial charge in [-0.25, -0.2) is 0 Å². The number of carbonyl (C=O) groups is 2. The summed E-state index contributed by atoms with van der Waals surface area (Å²) in [6, 6.07) is 0. The molecule has 3 nitrogen and oxygen atoms in total. The number of allylic oxidation sites excluding steroid dienone is 2. The van der Waals surface area contributed by atoms with E-state index in [1.807, 2.05) is 6.08 Å². The van der Waals surface area contributed by atoms with Crippen molar-refractivity contribution in [3.05, 3.63) is 12.2 Å². The highest BCUT2D eigenvalue weighted by Crippen LogP contribution is 2.29. The van der Waals surface area contributed by atoms with E-state index in [0.717, 1.165) is 12.8 Å². The average Bonchev–Trinajstić information content (AvgIpc) is 2.04. The second-order valence-corrected chi connectivity index (χ2v) is 3.39. The summed E-state index contributed by atoms with van der Waals surface area (Å²) in [4.78, 5) is 22.2. The molecule has 1 fully saturated rings. The van der Waals surface area contributed by atoms with E-state index in [0.29, 0.717) is 6.42 Å². The van der Waals surface area contributed by atoms with Crippen LogP contribution >= 0.6 is 0 Å². The molecule has 0 bridgehead atoms. The first kappa shape index (κ1) is 7.53. The van der Waals surface area contributed by atoms with Crippen molar-refractivity contribution in [2.45, 2.75) is 19.3 Å². The van der Waals surface area contributed by atoms with Gasteiger partial charge in [-0.3, -0.25) is 14.9 Å². The van der Waals surface area contributed by atoms with E-state index in [1.54, 1.807) is 0 Å². The van der Waals surface area contributed by atoms with Gasteiger partial charge >= 0.3 is 0 Å². The standard InChI is InChI=1S/C9H11NO2/c11-8-5-6-3-1-2-4-7(6)9(12)10-8/h1,3,6-7H,2,4-5H2,(H,10,11,12)/t6-,7-/m1/s1. The van der Waals surface area contributed by atoms with Crippen LogP contribution in [0.3, 0.4) is 0 Å². The number of hydrogen-bond donors (Lipinski definition) is 1. The summed E-state index contributed by atoms with van der Waals surface area (Å²) in [5, 5.41) is 2.37. The molecule has 3 heteroatoms. The molecule has 64 valence electrons. The van der Waals surface area contributed by atoms with Crippen LogP contribution in [0, 0.1) is 11.8 Å². The van der Waals surface area contributed by atoms with Crippen LogP contribution in [-0.2, 0) is 9.59 Å². The first-order valence-electron chi connectivity index (χ1n) is 4.28. The first-order valence-corrected chi connectivity index (χ1v) is 4.28. The molecule has 1 aliphatic carbocycles. The number of carbonyl (C=O) groups excluding carboxylic acids is 2. The number of hydrogen-bond acceptors (Lipinski definition) is 2. The summed E-state index contributed by atoms with van der Waals surface area (Å²) >= 11 is 0. The molecule has 2 aliphatic rings. The van der Waals surface area contributed by atoms with Crippen molar-refractivity contribution < 1.29 is 9.59 Å². The summed E-state index contributed by atoms with van der Waals surface area (Å²) in [7, 11) is 0. The molecular weight excluding hydrogens is 154 g/mol. The van der Waals surface area contributed by atoms with Gasteiger partial charge in [0, 0.05) is 12.3 Å². The SMILES string of the molecule is O=C1C[C@H]2C=CCC[C@H]2C(=O)N1. The zero-order valence-corrected chi connectivity index (χ0v) is 6.75. The molecule has 0 aromatic carbocycles. The normalized spacial score (nSPS) is 34.3. The van der Waals surface area contributed by atoms with Crippen molar-refractivity contribution in [2.24, 2.45) is 11.8 Å². The lowest BCUT2D eigenvalue weighted by atomic mass is 9.79. The molecule has 0 radical (unpaired) electrons. The topological polar surface area (TPSA) is 46.2 Å². The minimum atomic E-state index is -0.132. The molecule has 12 heavy (non-hydrogen) atoms. The van der Waals surface area contributed by atoms with Gasteiger partial charge in [0.2, 0.25) is 11.8 Å². The fourth-order valence-electron chi connectivity index (χ4n) is 1.93. The molecule has 0 unspecified atom stereocenters. The molecule has 0 spiro atoms. The van der Waals surface area contributed by atoms with E-state index in [-0.39, 0.29) is 23.7 Å².